The third kappa shape index (κ3) is 4.33. The zero-order valence-electron chi connectivity index (χ0n) is 12.3. The normalized spacial score (nSPS) is 25.8. The van der Waals surface area contributed by atoms with E-state index < -0.39 is 0 Å². The van der Waals surface area contributed by atoms with E-state index in [1.165, 1.54) is 0 Å². The maximum atomic E-state index is 12.3. The number of halogens is 1. The van der Waals surface area contributed by atoms with Crippen molar-refractivity contribution in [3.63, 3.8) is 0 Å². The molecule has 0 aromatic rings. The van der Waals surface area contributed by atoms with E-state index in [9.17, 15) is 4.79 Å². The van der Waals surface area contributed by atoms with Crippen LogP contribution < -0.4 is 5.32 Å². The minimum absolute atomic E-state index is 0. The molecule has 1 N–H and O–H groups in total. The van der Waals surface area contributed by atoms with Crippen molar-refractivity contribution in [3.05, 3.63) is 0 Å². The van der Waals surface area contributed by atoms with Crippen LogP contribution >= 0.6 is 12.4 Å². The lowest BCUT2D eigenvalue weighted by Gasteiger charge is -2.40. The van der Waals surface area contributed by atoms with E-state index in [0.717, 1.165) is 45.0 Å². The van der Waals surface area contributed by atoms with Crippen LogP contribution in [-0.4, -0.2) is 49.7 Å². The van der Waals surface area contributed by atoms with Crippen molar-refractivity contribution < 1.29 is 9.53 Å². The van der Waals surface area contributed by atoms with Gasteiger partial charge >= 0.3 is 0 Å². The predicted molar refractivity (Wildman–Crippen MR) is 78.6 cm³/mol. The summed E-state index contributed by atoms with van der Waals surface area (Å²) in [6.07, 6.45) is 2.26. The molecule has 1 atom stereocenters. The highest BCUT2D eigenvalue weighted by atomic mass is 35.5. The highest BCUT2D eigenvalue weighted by Crippen LogP contribution is 2.34. The number of morpholine rings is 1. The lowest BCUT2D eigenvalue weighted by Crippen LogP contribution is -2.54. The van der Waals surface area contributed by atoms with Crippen LogP contribution in [0.4, 0.5) is 0 Å². The Morgan fingerprint density at radius 2 is 1.89 bits per heavy atom. The van der Waals surface area contributed by atoms with E-state index in [2.05, 4.69) is 26.1 Å². The fraction of sp³-hybridized carbons (Fsp3) is 0.929. The second kappa shape index (κ2) is 6.91. The molecular formula is C14H27ClN2O2. The van der Waals surface area contributed by atoms with E-state index in [-0.39, 0.29) is 24.4 Å². The molecular weight excluding hydrogens is 264 g/mol. The number of likely N-dealkylation sites (tertiary alicyclic amines) is 1. The third-order valence-electron chi connectivity index (χ3n) is 4.25. The number of hydrogen-bond donors (Lipinski definition) is 1. The molecule has 0 spiro atoms. The monoisotopic (exact) mass is 290 g/mol. The smallest absolute Gasteiger partial charge is 0.242 e. The Morgan fingerprint density at radius 1 is 1.26 bits per heavy atom. The quantitative estimate of drug-likeness (QED) is 0.799. The number of carbonyl (C=O) groups excluding carboxylic acids is 1. The number of rotatable bonds is 1. The first-order valence-corrected chi connectivity index (χ1v) is 7.08. The van der Waals surface area contributed by atoms with Crippen molar-refractivity contribution in [1.82, 2.24) is 10.2 Å². The number of nitrogens with zero attached hydrogens (tertiary/aromatic N) is 1. The van der Waals surface area contributed by atoms with Gasteiger partial charge in [0.1, 0.15) is 6.04 Å². The van der Waals surface area contributed by atoms with Gasteiger partial charge in [-0.15, -0.1) is 12.4 Å². The van der Waals surface area contributed by atoms with Gasteiger partial charge in [-0.05, 0) is 24.2 Å². The topological polar surface area (TPSA) is 41.6 Å². The lowest BCUT2D eigenvalue weighted by atomic mass is 9.75. The Labute approximate surface area is 122 Å². The van der Waals surface area contributed by atoms with Crippen molar-refractivity contribution in [2.45, 2.75) is 39.7 Å². The summed E-state index contributed by atoms with van der Waals surface area (Å²) in [4.78, 5) is 14.3. The zero-order valence-corrected chi connectivity index (χ0v) is 13.1. The van der Waals surface area contributed by atoms with Gasteiger partial charge in [-0.3, -0.25) is 4.79 Å². The van der Waals surface area contributed by atoms with Crippen molar-refractivity contribution in [2.24, 2.45) is 11.3 Å². The van der Waals surface area contributed by atoms with Crippen LogP contribution in [-0.2, 0) is 9.53 Å². The summed E-state index contributed by atoms with van der Waals surface area (Å²) in [6.45, 7) is 10.7. The highest BCUT2D eigenvalue weighted by molar-refractivity contribution is 5.85. The molecule has 1 unspecified atom stereocenters. The van der Waals surface area contributed by atoms with Crippen LogP contribution in [0.5, 0.6) is 0 Å². The number of amides is 1. The minimum atomic E-state index is -0.120. The Morgan fingerprint density at radius 3 is 2.37 bits per heavy atom. The van der Waals surface area contributed by atoms with Gasteiger partial charge in [-0.2, -0.15) is 0 Å². The van der Waals surface area contributed by atoms with Crippen LogP contribution in [0.3, 0.4) is 0 Å². The summed E-state index contributed by atoms with van der Waals surface area (Å²) in [5.41, 5.74) is 0.362. The van der Waals surface area contributed by atoms with Crippen LogP contribution in [0.2, 0.25) is 0 Å². The van der Waals surface area contributed by atoms with E-state index >= 15 is 0 Å². The molecule has 2 fully saturated rings. The minimum Gasteiger partial charge on any atom is -0.378 e. The van der Waals surface area contributed by atoms with Gasteiger partial charge in [0, 0.05) is 19.6 Å². The predicted octanol–water partition coefficient (Wildman–Crippen LogP) is 1.68. The number of ether oxygens (including phenoxy) is 1. The van der Waals surface area contributed by atoms with Gasteiger partial charge in [0.2, 0.25) is 5.91 Å². The molecule has 4 nitrogen and oxygen atoms in total. The van der Waals surface area contributed by atoms with Crippen molar-refractivity contribution in [1.29, 1.82) is 0 Å². The Kier molecular flexibility index (Phi) is 6.09. The largest absolute Gasteiger partial charge is 0.378 e. The number of carbonyl (C=O) groups is 1. The molecule has 2 saturated heterocycles. The third-order valence-corrected chi connectivity index (χ3v) is 4.25. The first kappa shape index (κ1) is 16.7. The standard InChI is InChI=1S/C14H26N2O2.ClH/c1-14(2,3)11-4-7-16(8-5-11)13(17)12-10-18-9-6-15-12;/h11-12,15H,4-10H2,1-3H3;1H. The first-order chi connectivity index (χ1) is 8.48. The second-order valence-corrected chi connectivity index (χ2v) is 6.55. The summed E-state index contributed by atoms with van der Waals surface area (Å²) in [7, 11) is 0. The maximum Gasteiger partial charge on any atom is 0.242 e. The van der Waals surface area contributed by atoms with E-state index in [1.54, 1.807) is 0 Å². The van der Waals surface area contributed by atoms with E-state index in [4.69, 9.17) is 4.74 Å². The van der Waals surface area contributed by atoms with Gasteiger partial charge in [-0.25, -0.2) is 0 Å². The molecule has 2 aliphatic rings. The number of nitrogens with one attached hydrogen (secondary N) is 1. The number of hydrogen-bond acceptors (Lipinski definition) is 3. The van der Waals surface area contributed by atoms with Crippen molar-refractivity contribution in [3.8, 4) is 0 Å². The molecule has 0 radical (unpaired) electrons. The first-order valence-electron chi connectivity index (χ1n) is 7.08. The number of piperidine rings is 1. The van der Waals surface area contributed by atoms with Crippen LogP contribution in [0, 0.1) is 11.3 Å². The van der Waals surface area contributed by atoms with Crippen molar-refractivity contribution in [2.75, 3.05) is 32.8 Å². The molecule has 0 saturated carbocycles. The van der Waals surface area contributed by atoms with Crippen LogP contribution in [0.1, 0.15) is 33.6 Å². The van der Waals surface area contributed by atoms with Gasteiger partial charge in [0.25, 0.3) is 0 Å². The molecule has 2 rings (SSSR count). The maximum absolute atomic E-state index is 12.3. The fourth-order valence-corrected chi connectivity index (χ4v) is 2.91. The highest BCUT2D eigenvalue weighted by Gasteiger charge is 2.33. The molecule has 5 heteroatoms. The molecule has 0 aliphatic carbocycles. The fourth-order valence-electron chi connectivity index (χ4n) is 2.91. The van der Waals surface area contributed by atoms with Gasteiger partial charge in [0.05, 0.1) is 13.2 Å². The average molecular weight is 291 g/mol. The lowest BCUT2D eigenvalue weighted by molar-refractivity contribution is -0.138. The molecule has 2 aliphatic heterocycles. The van der Waals surface area contributed by atoms with Crippen LogP contribution in [0.25, 0.3) is 0 Å². The average Bonchev–Trinajstić information content (AvgIpc) is 2.38. The van der Waals surface area contributed by atoms with Gasteiger partial charge in [0.15, 0.2) is 0 Å². The Bertz CT molecular complexity index is 290. The van der Waals surface area contributed by atoms with E-state index in [1.807, 2.05) is 4.90 Å². The summed E-state index contributed by atoms with van der Waals surface area (Å²) in [6, 6.07) is -0.120. The SMILES string of the molecule is CC(C)(C)C1CCN(C(=O)C2COCCN2)CC1.Cl. The molecule has 0 aromatic heterocycles. The zero-order chi connectivity index (χ0) is 13.2. The molecule has 2 heterocycles. The molecule has 1 amide bonds. The molecule has 0 bridgehead atoms. The molecule has 19 heavy (non-hydrogen) atoms. The summed E-state index contributed by atoms with van der Waals surface area (Å²) in [5, 5.41) is 3.24. The van der Waals surface area contributed by atoms with E-state index in [0.29, 0.717) is 12.0 Å². The summed E-state index contributed by atoms with van der Waals surface area (Å²) >= 11 is 0. The molecule has 0 aromatic carbocycles. The van der Waals surface area contributed by atoms with Crippen molar-refractivity contribution >= 4 is 18.3 Å². The summed E-state index contributed by atoms with van der Waals surface area (Å²) in [5.74, 6) is 0.958. The van der Waals surface area contributed by atoms with Crippen LogP contribution in [0.15, 0.2) is 0 Å². The van der Waals surface area contributed by atoms with Gasteiger partial charge in [-0.1, -0.05) is 20.8 Å². The van der Waals surface area contributed by atoms with Gasteiger partial charge < -0.3 is 15.0 Å². The summed E-state index contributed by atoms with van der Waals surface area (Å²) < 4.78 is 5.36. The Hall–Kier alpha value is -0.320. The Balaban J connectivity index is 0.00000180. The second-order valence-electron chi connectivity index (χ2n) is 6.55. The molecule has 112 valence electrons.